The lowest BCUT2D eigenvalue weighted by Crippen LogP contribution is -2.29. The van der Waals surface area contributed by atoms with Crippen molar-refractivity contribution in [2.75, 3.05) is 4.90 Å². The van der Waals surface area contributed by atoms with Gasteiger partial charge in [-0.3, -0.25) is 14.5 Å². The van der Waals surface area contributed by atoms with Crippen LogP contribution in [0.4, 0.5) is 5.13 Å². The topological polar surface area (TPSA) is 70.5 Å². The van der Waals surface area contributed by atoms with E-state index in [0.717, 1.165) is 4.70 Å². The summed E-state index contributed by atoms with van der Waals surface area (Å²) in [6.45, 7) is 0. The van der Waals surface area contributed by atoms with Crippen molar-refractivity contribution in [1.82, 2.24) is 4.98 Å². The Kier molecular flexibility index (Phi) is 5.21. The van der Waals surface area contributed by atoms with E-state index in [9.17, 15) is 14.7 Å². The van der Waals surface area contributed by atoms with E-state index in [1.54, 1.807) is 72.8 Å². The van der Waals surface area contributed by atoms with Gasteiger partial charge in [-0.2, -0.15) is 0 Å². The second kappa shape index (κ2) is 8.06. The number of anilines is 1. The number of benzene rings is 3. The molecule has 1 unspecified atom stereocenters. The van der Waals surface area contributed by atoms with E-state index in [2.05, 4.69) is 4.98 Å². The molecule has 3 aromatic carbocycles. The molecule has 32 heavy (non-hydrogen) atoms. The third-order valence-electron chi connectivity index (χ3n) is 5.20. The lowest BCUT2D eigenvalue weighted by Gasteiger charge is -2.23. The molecule has 0 spiro atoms. The molecule has 1 atom stereocenters. The number of aliphatic hydroxyl groups is 1. The Morgan fingerprint density at radius 2 is 1.69 bits per heavy atom. The number of ketones is 1. The highest BCUT2D eigenvalue weighted by atomic mass is 35.5. The number of aliphatic hydroxyl groups excluding tert-OH is 1. The first-order valence-corrected chi connectivity index (χ1v) is 11.2. The molecule has 8 heteroatoms. The summed E-state index contributed by atoms with van der Waals surface area (Å²) in [5.41, 5.74) is 1.67. The van der Waals surface area contributed by atoms with Gasteiger partial charge >= 0.3 is 5.91 Å². The number of fused-ring (bicyclic) bond motifs is 1. The molecular weight excluding hydrogens is 467 g/mol. The molecule has 0 aliphatic carbocycles. The number of nitrogens with zero attached hydrogens (tertiary/aromatic N) is 2. The molecule has 5 nitrogen and oxygen atoms in total. The molecule has 158 valence electrons. The van der Waals surface area contributed by atoms with Gasteiger partial charge in [0.05, 0.1) is 21.8 Å². The Morgan fingerprint density at radius 3 is 2.44 bits per heavy atom. The minimum absolute atomic E-state index is 0.0132. The van der Waals surface area contributed by atoms with Crippen LogP contribution in [0.15, 0.2) is 78.4 Å². The summed E-state index contributed by atoms with van der Waals surface area (Å²) >= 11 is 13.6. The van der Waals surface area contributed by atoms with Crippen LogP contribution in [-0.4, -0.2) is 21.8 Å². The van der Waals surface area contributed by atoms with Crippen LogP contribution in [-0.2, 0) is 9.59 Å². The van der Waals surface area contributed by atoms with Gasteiger partial charge in [0.15, 0.2) is 5.13 Å². The number of thiazole rings is 1. The average molecular weight is 481 g/mol. The van der Waals surface area contributed by atoms with Gasteiger partial charge < -0.3 is 5.11 Å². The molecule has 1 saturated heterocycles. The quantitative estimate of drug-likeness (QED) is 0.214. The number of carbonyl (C=O) groups excluding carboxylic acids is 2. The summed E-state index contributed by atoms with van der Waals surface area (Å²) in [6.07, 6.45) is 0. The number of halogens is 2. The fourth-order valence-electron chi connectivity index (χ4n) is 3.76. The molecule has 1 amide bonds. The van der Waals surface area contributed by atoms with Gasteiger partial charge in [0.2, 0.25) is 0 Å². The standard InChI is InChI=1S/C24H14Cl2N2O3S/c25-15-8-4-7-14(11-15)20-19(21(29)13-5-2-1-3-6-13)22(30)23(31)28(20)24-27-17-10-9-16(26)12-18(17)32-24/h1-12,20,29H/b21-19+. The molecule has 0 bridgehead atoms. The predicted octanol–water partition coefficient (Wildman–Crippen LogP) is 6.23. The van der Waals surface area contributed by atoms with Crippen LogP contribution in [0.2, 0.25) is 10.0 Å². The SMILES string of the molecule is O=C1C(=O)N(c2nc3ccc(Cl)cc3s2)C(c2cccc(Cl)c2)/C1=C(\O)c1ccccc1. The number of amides is 1. The van der Waals surface area contributed by atoms with Crippen molar-refractivity contribution in [3.63, 3.8) is 0 Å². The molecule has 1 aliphatic rings. The summed E-state index contributed by atoms with van der Waals surface area (Å²) in [5, 5.41) is 12.4. The normalized spacial score (nSPS) is 17.9. The van der Waals surface area contributed by atoms with Gasteiger partial charge in [-0.25, -0.2) is 4.98 Å². The van der Waals surface area contributed by atoms with Gasteiger partial charge in [0, 0.05) is 15.6 Å². The number of hydrogen-bond donors (Lipinski definition) is 1. The highest BCUT2D eigenvalue weighted by Crippen LogP contribution is 2.44. The van der Waals surface area contributed by atoms with Crippen LogP contribution in [0.5, 0.6) is 0 Å². The minimum Gasteiger partial charge on any atom is -0.507 e. The molecule has 5 rings (SSSR count). The number of aromatic nitrogens is 1. The van der Waals surface area contributed by atoms with Crippen molar-refractivity contribution in [3.05, 3.63) is 99.5 Å². The fourth-order valence-corrected chi connectivity index (χ4v) is 5.23. The first kappa shape index (κ1) is 20.7. The number of Topliss-reactive ketones (excluding diaryl/α,β-unsaturated/α-hetero) is 1. The second-order valence-electron chi connectivity index (χ2n) is 7.20. The van der Waals surface area contributed by atoms with E-state index >= 15 is 0 Å². The van der Waals surface area contributed by atoms with Gasteiger partial charge in [-0.05, 0) is 35.9 Å². The number of hydrogen-bond acceptors (Lipinski definition) is 5. The maximum absolute atomic E-state index is 13.2. The van der Waals surface area contributed by atoms with Crippen molar-refractivity contribution < 1.29 is 14.7 Å². The zero-order valence-electron chi connectivity index (χ0n) is 16.3. The Hall–Kier alpha value is -3.19. The second-order valence-corrected chi connectivity index (χ2v) is 9.08. The first-order chi connectivity index (χ1) is 15.4. The summed E-state index contributed by atoms with van der Waals surface area (Å²) < 4.78 is 0.780. The number of carbonyl (C=O) groups is 2. The zero-order chi connectivity index (χ0) is 22.4. The highest BCUT2D eigenvalue weighted by Gasteiger charge is 2.48. The third kappa shape index (κ3) is 3.46. The van der Waals surface area contributed by atoms with Gasteiger partial charge in [-0.15, -0.1) is 0 Å². The molecule has 1 N–H and O–H groups in total. The van der Waals surface area contributed by atoms with Gasteiger partial charge in [0.1, 0.15) is 5.76 Å². The average Bonchev–Trinajstić information content (AvgIpc) is 3.32. The van der Waals surface area contributed by atoms with Crippen molar-refractivity contribution in [2.45, 2.75) is 6.04 Å². The van der Waals surface area contributed by atoms with Crippen LogP contribution >= 0.6 is 34.5 Å². The van der Waals surface area contributed by atoms with E-state index in [-0.39, 0.29) is 11.3 Å². The summed E-state index contributed by atoms with van der Waals surface area (Å²) in [7, 11) is 0. The number of rotatable bonds is 3. The molecule has 0 radical (unpaired) electrons. The van der Waals surface area contributed by atoms with Gasteiger partial charge in [-0.1, -0.05) is 77.0 Å². The predicted molar refractivity (Wildman–Crippen MR) is 127 cm³/mol. The Morgan fingerprint density at radius 1 is 0.938 bits per heavy atom. The smallest absolute Gasteiger partial charge is 0.301 e. The van der Waals surface area contributed by atoms with Crippen molar-refractivity contribution in [2.24, 2.45) is 0 Å². The highest BCUT2D eigenvalue weighted by molar-refractivity contribution is 7.22. The van der Waals surface area contributed by atoms with Crippen LogP contribution in [0.3, 0.4) is 0 Å². The Balaban J connectivity index is 1.75. The van der Waals surface area contributed by atoms with E-state index in [0.29, 0.717) is 31.8 Å². The monoisotopic (exact) mass is 480 g/mol. The maximum Gasteiger partial charge on any atom is 0.301 e. The Labute approximate surface area is 197 Å². The molecule has 2 heterocycles. The molecular formula is C24H14Cl2N2O3S. The van der Waals surface area contributed by atoms with Crippen molar-refractivity contribution in [1.29, 1.82) is 0 Å². The maximum atomic E-state index is 13.2. The van der Waals surface area contributed by atoms with E-state index in [1.165, 1.54) is 16.2 Å². The van der Waals surface area contributed by atoms with E-state index in [1.807, 2.05) is 0 Å². The van der Waals surface area contributed by atoms with Crippen molar-refractivity contribution >= 4 is 67.3 Å². The van der Waals surface area contributed by atoms with Crippen LogP contribution in [0, 0.1) is 0 Å². The van der Waals surface area contributed by atoms with E-state index in [4.69, 9.17) is 23.2 Å². The lowest BCUT2D eigenvalue weighted by atomic mass is 9.95. The third-order valence-corrected chi connectivity index (χ3v) is 6.69. The molecule has 1 fully saturated rings. The fraction of sp³-hybridized carbons (Fsp3) is 0.0417. The minimum atomic E-state index is -0.884. The lowest BCUT2D eigenvalue weighted by molar-refractivity contribution is -0.132. The van der Waals surface area contributed by atoms with Gasteiger partial charge in [0.25, 0.3) is 5.78 Å². The zero-order valence-corrected chi connectivity index (χ0v) is 18.7. The Bertz CT molecular complexity index is 1420. The van der Waals surface area contributed by atoms with Crippen molar-refractivity contribution in [3.8, 4) is 0 Å². The summed E-state index contributed by atoms with van der Waals surface area (Å²) in [4.78, 5) is 32.2. The van der Waals surface area contributed by atoms with Crippen LogP contribution in [0.25, 0.3) is 16.0 Å². The summed E-state index contributed by atoms with van der Waals surface area (Å²) in [5.74, 6) is -1.80. The van der Waals surface area contributed by atoms with E-state index < -0.39 is 17.7 Å². The van der Waals surface area contributed by atoms with Crippen LogP contribution in [0.1, 0.15) is 17.2 Å². The van der Waals surface area contributed by atoms with Crippen LogP contribution < -0.4 is 4.90 Å². The molecule has 1 aromatic heterocycles. The first-order valence-electron chi connectivity index (χ1n) is 9.62. The molecule has 4 aromatic rings. The largest absolute Gasteiger partial charge is 0.507 e. The summed E-state index contributed by atoms with van der Waals surface area (Å²) in [6, 6.07) is 19.9. The molecule has 1 aliphatic heterocycles. The molecule has 0 saturated carbocycles.